The van der Waals surface area contributed by atoms with E-state index in [1.54, 1.807) is 0 Å². The van der Waals surface area contributed by atoms with Crippen LogP contribution in [-0.4, -0.2) is 26.5 Å². The molecule has 3 N–H and O–H groups in total. The predicted octanol–water partition coefficient (Wildman–Crippen LogP) is 2.44. The van der Waals surface area contributed by atoms with Crippen molar-refractivity contribution in [3.05, 3.63) is 34.6 Å². The number of thioether (sulfide) groups is 1. The Balaban J connectivity index is 1.87. The maximum atomic E-state index is 11.9. The van der Waals surface area contributed by atoms with Gasteiger partial charge in [-0.1, -0.05) is 34.6 Å². The zero-order chi connectivity index (χ0) is 15.2. The number of nitrogens with one attached hydrogen (secondary N) is 1. The molecule has 112 valence electrons. The SMILES string of the molecule is CCCc1nnc(SCC(=O)Nc2ccc(Br)cc2)n1N. The minimum Gasteiger partial charge on any atom is -0.336 e. The number of halogens is 1. The van der Waals surface area contributed by atoms with Crippen LogP contribution in [0.15, 0.2) is 33.9 Å². The van der Waals surface area contributed by atoms with E-state index in [9.17, 15) is 4.79 Å². The standard InChI is InChI=1S/C13H16BrN5OS/c1-2-3-11-17-18-13(19(11)15)21-8-12(20)16-10-6-4-9(14)5-7-10/h4-7H,2-3,8,15H2,1H3,(H,16,20). The van der Waals surface area contributed by atoms with Gasteiger partial charge in [0.1, 0.15) is 0 Å². The van der Waals surface area contributed by atoms with E-state index in [0.717, 1.165) is 28.8 Å². The fraction of sp³-hybridized carbons (Fsp3) is 0.308. The molecule has 1 aromatic carbocycles. The third-order valence-electron chi connectivity index (χ3n) is 2.67. The molecule has 0 atom stereocenters. The molecule has 0 aliphatic carbocycles. The largest absolute Gasteiger partial charge is 0.336 e. The van der Waals surface area contributed by atoms with Gasteiger partial charge in [-0.05, 0) is 30.7 Å². The monoisotopic (exact) mass is 369 g/mol. The van der Waals surface area contributed by atoms with Crippen LogP contribution in [0.25, 0.3) is 0 Å². The molecule has 0 aliphatic rings. The summed E-state index contributed by atoms with van der Waals surface area (Å²) in [5, 5.41) is 11.4. The van der Waals surface area contributed by atoms with E-state index in [2.05, 4.69) is 31.4 Å². The summed E-state index contributed by atoms with van der Waals surface area (Å²) >= 11 is 4.61. The summed E-state index contributed by atoms with van der Waals surface area (Å²) in [4.78, 5) is 11.9. The number of anilines is 1. The lowest BCUT2D eigenvalue weighted by molar-refractivity contribution is -0.113. The van der Waals surface area contributed by atoms with Gasteiger partial charge >= 0.3 is 0 Å². The first-order valence-corrected chi connectivity index (χ1v) is 8.25. The van der Waals surface area contributed by atoms with E-state index >= 15 is 0 Å². The molecule has 0 saturated heterocycles. The van der Waals surface area contributed by atoms with E-state index in [1.807, 2.05) is 31.2 Å². The minimum atomic E-state index is -0.109. The molecule has 0 fully saturated rings. The zero-order valence-corrected chi connectivity index (χ0v) is 13.9. The fourth-order valence-corrected chi connectivity index (χ4v) is 2.60. The molecule has 2 rings (SSSR count). The molecule has 1 aromatic heterocycles. The quantitative estimate of drug-likeness (QED) is 0.603. The molecule has 2 aromatic rings. The van der Waals surface area contributed by atoms with E-state index in [-0.39, 0.29) is 11.7 Å². The van der Waals surface area contributed by atoms with Gasteiger partial charge in [0.15, 0.2) is 5.82 Å². The molecule has 0 unspecified atom stereocenters. The van der Waals surface area contributed by atoms with Crippen molar-refractivity contribution in [1.29, 1.82) is 0 Å². The smallest absolute Gasteiger partial charge is 0.234 e. The molecule has 0 saturated carbocycles. The minimum absolute atomic E-state index is 0.109. The van der Waals surface area contributed by atoms with Crippen LogP contribution in [0.3, 0.4) is 0 Å². The first-order valence-electron chi connectivity index (χ1n) is 6.47. The molecular formula is C13H16BrN5OS. The van der Waals surface area contributed by atoms with Crippen molar-refractivity contribution >= 4 is 39.3 Å². The number of nitrogen functional groups attached to an aromatic ring is 1. The summed E-state index contributed by atoms with van der Waals surface area (Å²) in [5.74, 6) is 6.73. The number of hydrogen-bond donors (Lipinski definition) is 2. The number of aromatic nitrogens is 3. The van der Waals surface area contributed by atoms with Crippen molar-refractivity contribution in [2.45, 2.75) is 24.9 Å². The highest BCUT2D eigenvalue weighted by atomic mass is 79.9. The molecule has 0 radical (unpaired) electrons. The molecule has 1 amide bonds. The number of amides is 1. The lowest BCUT2D eigenvalue weighted by Crippen LogP contribution is -2.17. The Morgan fingerprint density at radius 2 is 2.10 bits per heavy atom. The Labute approximate surface area is 135 Å². The molecule has 8 heteroatoms. The summed E-state index contributed by atoms with van der Waals surface area (Å²) in [6.45, 7) is 2.05. The van der Waals surface area contributed by atoms with E-state index < -0.39 is 0 Å². The molecule has 1 heterocycles. The van der Waals surface area contributed by atoms with Crippen molar-refractivity contribution in [3.8, 4) is 0 Å². The molecule has 0 spiro atoms. The van der Waals surface area contributed by atoms with Gasteiger partial charge in [-0.3, -0.25) is 4.79 Å². The maximum Gasteiger partial charge on any atom is 0.234 e. The number of carbonyl (C=O) groups excluding carboxylic acids is 1. The number of nitrogens with zero attached hydrogens (tertiary/aromatic N) is 3. The van der Waals surface area contributed by atoms with Gasteiger partial charge in [0, 0.05) is 16.6 Å². The van der Waals surface area contributed by atoms with E-state index in [1.165, 1.54) is 16.4 Å². The highest BCUT2D eigenvalue weighted by Gasteiger charge is 2.11. The van der Waals surface area contributed by atoms with Crippen LogP contribution in [-0.2, 0) is 11.2 Å². The molecule has 0 bridgehead atoms. The summed E-state index contributed by atoms with van der Waals surface area (Å²) in [7, 11) is 0. The summed E-state index contributed by atoms with van der Waals surface area (Å²) in [5.41, 5.74) is 0.754. The normalized spacial score (nSPS) is 10.6. The van der Waals surface area contributed by atoms with Crippen molar-refractivity contribution in [2.75, 3.05) is 16.9 Å². The van der Waals surface area contributed by atoms with Crippen LogP contribution in [0.5, 0.6) is 0 Å². The van der Waals surface area contributed by atoms with Crippen LogP contribution in [0.1, 0.15) is 19.2 Å². The average Bonchev–Trinajstić information content (AvgIpc) is 2.81. The van der Waals surface area contributed by atoms with Gasteiger partial charge in [0.05, 0.1) is 5.75 Å². The van der Waals surface area contributed by atoms with Gasteiger partial charge in [0.2, 0.25) is 11.1 Å². The van der Waals surface area contributed by atoms with Crippen LogP contribution >= 0.6 is 27.7 Å². The van der Waals surface area contributed by atoms with Crippen LogP contribution < -0.4 is 11.2 Å². The van der Waals surface area contributed by atoms with Crippen molar-refractivity contribution in [3.63, 3.8) is 0 Å². The maximum absolute atomic E-state index is 11.9. The topological polar surface area (TPSA) is 85.8 Å². The van der Waals surface area contributed by atoms with Crippen LogP contribution in [0.2, 0.25) is 0 Å². The van der Waals surface area contributed by atoms with Crippen LogP contribution in [0.4, 0.5) is 5.69 Å². The first-order chi connectivity index (χ1) is 10.1. The van der Waals surface area contributed by atoms with E-state index in [0.29, 0.717) is 5.16 Å². The Morgan fingerprint density at radius 3 is 2.76 bits per heavy atom. The Bertz CT molecular complexity index is 614. The second-order valence-corrected chi connectivity index (χ2v) is 6.22. The molecule has 6 nitrogen and oxygen atoms in total. The van der Waals surface area contributed by atoms with Gasteiger partial charge in [-0.2, -0.15) is 0 Å². The van der Waals surface area contributed by atoms with E-state index in [4.69, 9.17) is 5.84 Å². The van der Waals surface area contributed by atoms with Gasteiger partial charge in [-0.25, -0.2) is 4.68 Å². The Kier molecular flexibility index (Phi) is 5.63. The summed E-state index contributed by atoms with van der Waals surface area (Å²) in [6, 6.07) is 7.40. The lowest BCUT2D eigenvalue weighted by atomic mass is 10.3. The lowest BCUT2D eigenvalue weighted by Gasteiger charge is -2.05. The second-order valence-electron chi connectivity index (χ2n) is 4.36. The Morgan fingerprint density at radius 1 is 1.38 bits per heavy atom. The van der Waals surface area contributed by atoms with Gasteiger partial charge in [-0.15, -0.1) is 10.2 Å². The summed E-state index contributed by atoms with van der Waals surface area (Å²) in [6.07, 6.45) is 1.72. The number of carbonyl (C=O) groups is 1. The van der Waals surface area contributed by atoms with Gasteiger partial charge < -0.3 is 11.2 Å². The van der Waals surface area contributed by atoms with Crippen molar-refractivity contribution in [1.82, 2.24) is 14.9 Å². The molecule has 0 aliphatic heterocycles. The average molecular weight is 370 g/mol. The number of nitrogens with two attached hydrogens (primary N) is 1. The van der Waals surface area contributed by atoms with Crippen molar-refractivity contribution < 1.29 is 4.79 Å². The molecule has 21 heavy (non-hydrogen) atoms. The Hall–Kier alpha value is -1.54. The number of rotatable bonds is 6. The number of benzene rings is 1. The third-order valence-corrected chi connectivity index (χ3v) is 4.14. The van der Waals surface area contributed by atoms with Crippen LogP contribution in [0, 0.1) is 0 Å². The number of hydrogen-bond acceptors (Lipinski definition) is 5. The first kappa shape index (κ1) is 15.8. The highest BCUT2D eigenvalue weighted by molar-refractivity contribution is 9.10. The zero-order valence-electron chi connectivity index (χ0n) is 11.5. The van der Waals surface area contributed by atoms with Gasteiger partial charge in [0.25, 0.3) is 0 Å². The van der Waals surface area contributed by atoms with Crippen molar-refractivity contribution in [2.24, 2.45) is 0 Å². The predicted molar refractivity (Wildman–Crippen MR) is 87.7 cm³/mol. The summed E-state index contributed by atoms with van der Waals surface area (Å²) < 4.78 is 2.41. The highest BCUT2D eigenvalue weighted by Crippen LogP contribution is 2.17. The number of aryl methyl sites for hydroxylation is 1. The molecular weight excluding hydrogens is 354 g/mol. The fourth-order valence-electron chi connectivity index (χ4n) is 1.66. The third kappa shape index (κ3) is 4.47. The second kappa shape index (κ2) is 7.46.